The van der Waals surface area contributed by atoms with Crippen LogP contribution in [0.25, 0.3) is 0 Å². The second-order valence-corrected chi connectivity index (χ2v) is 9.34. The maximum atomic E-state index is 12.7. The van der Waals surface area contributed by atoms with Crippen molar-refractivity contribution in [2.24, 2.45) is 5.73 Å². The minimum atomic E-state index is -1.17. The number of nitrogens with two attached hydrogens (primary N) is 1. The van der Waals surface area contributed by atoms with Gasteiger partial charge in [0, 0.05) is 45.9 Å². The van der Waals surface area contributed by atoms with Gasteiger partial charge in [0.15, 0.2) is 0 Å². The Kier molecular flexibility index (Phi) is 18.7. The molecule has 0 aromatic heterocycles. The smallest absolute Gasteiger partial charge is 0.243 e. The third kappa shape index (κ3) is 14.4. The number of carbonyl (C=O) groups is 4. The second-order valence-electron chi connectivity index (χ2n) is 9.01. The Morgan fingerprint density at radius 3 is 2.12 bits per heavy atom. The van der Waals surface area contributed by atoms with Gasteiger partial charge < -0.3 is 60.7 Å². The Morgan fingerprint density at radius 2 is 1.52 bits per heavy atom. The topological polar surface area (TPSA) is 241 Å². The van der Waals surface area contributed by atoms with E-state index in [1.807, 2.05) is 0 Å². The van der Waals surface area contributed by atoms with Crippen LogP contribution in [0.2, 0.25) is 0 Å². The zero-order chi connectivity index (χ0) is 29.5. The monoisotopic (exact) mass is 772 g/mol. The molecular weight excluding hydrogens is 739 g/mol. The number of rotatable bonds is 16. The van der Waals surface area contributed by atoms with Crippen molar-refractivity contribution in [3.05, 3.63) is 65.7 Å². The van der Waals surface area contributed by atoms with Crippen LogP contribution in [0.1, 0.15) is 24.0 Å². The van der Waals surface area contributed by atoms with Gasteiger partial charge in [0.1, 0.15) is 6.04 Å². The van der Waals surface area contributed by atoms with Gasteiger partial charge in [0.25, 0.3) is 0 Å². The van der Waals surface area contributed by atoms with Gasteiger partial charge in [0.05, 0.1) is 12.6 Å². The molecule has 13 nitrogen and oxygen atoms in total. The van der Waals surface area contributed by atoms with Gasteiger partial charge >= 0.3 is 0 Å². The third-order valence-electron chi connectivity index (χ3n) is 5.84. The summed E-state index contributed by atoms with van der Waals surface area (Å²) >= 11 is 4.81. The quantitative estimate of drug-likeness (QED) is 0.0611. The van der Waals surface area contributed by atoms with Crippen LogP contribution in [0.4, 0.5) is 0 Å². The molecule has 0 bridgehead atoms. The molecule has 0 fully saturated rings. The molecule has 7 N–H and O–H groups in total. The van der Waals surface area contributed by atoms with Crippen molar-refractivity contribution in [1.29, 1.82) is 5.41 Å². The summed E-state index contributed by atoms with van der Waals surface area (Å²) in [5, 5.41) is 39.6. The summed E-state index contributed by atoms with van der Waals surface area (Å²) in [6.45, 7) is -0.414. The van der Waals surface area contributed by atoms with E-state index in [0.717, 1.165) is 11.1 Å². The van der Waals surface area contributed by atoms with Crippen molar-refractivity contribution in [2.45, 2.75) is 43.8 Å². The molecule has 0 aliphatic heterocycles. The van der Waals surface area contributed by atoms with E-state index >= 15 is 0 Å². The molecule has 0 aliphatic carbocycles. The van der Waals surface area contributed by atoms with Gasteiger partial charge in [-0.3, -0.25) is 19.2 Å². The van der Waals surface area contributed by atoms with Gasteiger partial charge in [-0.05, 0) is 29.9 Å². The predicted octanol–water partition coefficient (Wildman–Crippen LogP) is -2.38. The first-order valence-corrected chi connectivity index (χ1v) is 13.2. The molecular formula is C27H33N6O7ReS-5. The van der Waals surface area contributed by atoms with Crippen molar-refractivity contribution in [3.8, 4) is 5.75 Å². The average molecular weight is 772 g/mol. The molecule has 0 saturated heterocycles. The first-order chi connectivity index (χ1) is 19.1. The zero-order valence-corrected chi connectivity index (χ0v) is 26.1. The molecule has 3 atom stereocenters. The fourth-order valence-corrected chi connectivity index (χ4v) is 3.80. The minimum Gasteiger partial charge on any atom is -2.00 e. The van der Waals surface area contributed by atoms with Crippen molar-refractivity contribution >= 4 is 42.2 Å². The largest absolute Gasteiger partial charge is 2.00 e. The van der Waals surface area contributed by atoms with Crippen molar-refractivity contribution in [2.75, 3.05) is 18.8 Å². The molecule has 2 rings (SSSR count). The molecule has 0 spiro atoms. The van der Waals surface area contributed by atoms with Crippen LogP contribution in [0, 0.1) is 5.41 Å². The van der Waals surface area contributed by atoms with Crippen molar-refractivity contribution in [1.82, 2.24) is 21.3 Å². The normalized spacial score (nSPS) is 12.2. The zero-order valence-electron chi connectivity index (χ0n) is 22.6. The molecule has 1 radical (unpaired) electrons. The number of aryl methyl sites for hydroxylation is 1. The SMILES string of the molecule is N=C([O-])[C@@H](C[S-])NC(=O)[C@H](Cc1ccccc1)NC(=O)CNC(=O)CCNC(=O)[C@@H](N)CCc1ccc([O-])cc1.[O-2].[Re]. The number of hydrogen-bond acceptors (Lipinski definition) is 9. The van der Waals surface area contributed by atoms with Crippen LogP contribution in [-0.2, 0) is 70.5 Å². The van der Waals surface area contributed by atoms with E-state index in [0.29, 0.717) is 12.8 Å². The van der Waals surface area contributed by atoms with Crippen LogP contribution < -0.4 is 37.2 Å². The molecule has 2 aromatic carbocycles. The van der Waals surface area contributed by atoms with Crippen LogP contribution >= 0.6 is 0 Å². The molecule has 0 unspecified atom stereocenters. The molecule has 0 saturated carbocycles. The number of benzene rings is 2. The summed E-state index contributed by atoms with van der Waals surface area (Å²) in [6, 6.07) is 12.1. The van der Waals surface area contributed by atoms with E-state index in [1.165, 1.54) is 12.1 Å². The minimum absolute atomic E-state index is 0. The number of carbonyl (C=O) groups excluding carboxylic acids is 4. The van der Waals surface area contributed by atoms with Gasteiger partial charge in [-0.15, -0.1) is 5.75 Å². The van der Waals surface area contributed by atoms with Crippen LogP contribution in [-0.4, -0.2) is 66.5 Å². The van der Waals surface area contributed by atoms with Gasteiger partial charge in [-0.1, -0.05) is 54.6 Å². The Morgan fingerprint density at radius 1 is 0.881 bits per heavy atom. The Balaban J connectivity index is 0.00000840. The standard InChI is InChI=1S/C27H36N6O6S.O.Re/c28-20(11-8-17-6-9-19(34)10-7-17)26(38)30-13-12-23(35)31-15-24(36)32-21(14-18-4-2-1-3-5-18)27(39)33-22(16-40)25(29)37;;/h1-7,9-10,20-22,34,40H,8,11-16,28H2,(H2,29,37)(H,30,38)(H,31,35)(H,32,36)(H,33,39);;/q;-2;/p-3/t20-,21-,22+;;/m0../s1. The predicted molar refractivity (Wildman–Crippen MR) is 147 cm³/mol. The van der Waals surface area contributed by atoms with Crippen LogP contribution in [0.3, 0.4) is 0 Å². The summed E-state index contributed by atoms with van der Waals surface area (Å²) < 4.78 is 0. The number of hydrogen-bond donors (Lipinski definition) is 6. The Labute approximate surface area is 263 Å². The third-order valence-corrected chi connectivity index (χ3v) is 6.17. The maximum absolute atomic E-state index is 12.7. The summed E-state index contributed by atoms with van der Waals surface area (Å²) in [5.74, 6) is -3.58. The van der Waals surface area contributed by atoms with Crippen LogP contribution in [0.5, 0.6) is 5.75 Å². The van der Waals surface area contributed by atoms with Crippen molar-refractivity contribution in [3.63, 3.8) is 0 Å². The number of amides is 4. The first-order valence-electron chi connectivity index (χ1n) is 12.6. The van der Waals surface area contributed by atoms with E-state index in [2.05, 4.69) is 21.3 Å². The van der Waals surface area contributed by atoms with Crippen molar-refractivity contribution < 1.29 is 55.3 Å². The maximum Gasteiger partial charge on any atom is 0.243 e. The van der Waals surface area contributed by atoms with Gasteiger partial charge in [-0.25, -0.2) is 0 Å². The molecule has 42 heavy (non-hydrogen) atoms. The summed E-state index contributed by atoms with van der Waals surface area (Å²) in [6.07, 6.45) is 0.883. The molecule has 231 valence electrons. The Bertz CT molecular complexity index is 1160. The fraction of sp³-hybridized carbons (Fsp3) is 0.370. The van der Waals surface area contributed by atoms with E-state index in [4.69, 9.17) is 23.8 Å². The van der Waals surface area contributed by atoms with E-state index in [9.17, 15) is 29.4 Å². The first kappa shape index (κ1) is 38.5. The molecule has 4 amide bonds. The molecule has 15 heteroatoms. The van der Waals surface area contributed by atoms with E-state index in [-0.39, 0.29) is 56.8 Å². The van der Waals surface area contributed by atoms with E-state index < -0.39 is 54.2 Å². The van der Waals surface area contributed by atoms with Gasteiger partial charge in [0.2, 0.25) is 23.6 Å². The molecule has 0 heterocycles. The number of nitrogens with one attached hydrogen (secondary N) is 5. The van der Waals surface area contributed by atoms with Gasteiger partial charge in [-0.2, -0.15) is 5.75 Å². The fourth-order valence-electron chi connectivity index (χ4n) is 3.57. The van der Waals surface area contributed by atoms with Crippen LogP contribution in [0.15, 0.2) is 54.6 Å². The summed E-state index contributed by atoms with van der Waals surface area (Å²) in [4.78, 5) is 49.6. The molecule has 2 aromatic rings. The summed E-state index contributed by atoms with van der Waals surface area (Å²) in [7, 11) is 0. The molecule has 0 aliphatic rings. The second kappa shape index (κ2) is 20.4. The summed E-state index contributed by atoms with van der Waals surface area (Å²) in [5.41, 5.74) is 7.52. The van der Waals surface area contributed by atoms with E-state index in [1.54, 1.807) is 42.5 Å². The Hall–Kier alpha value is -3.48. The average Bonchev–Trinajstić information content (AvgIpc) is 2.94.